The lowest BCUT2D eigenvalue weighted by Gasteiger charge is -2.21. The first-order chi connectivity index (χ1) is 18.1. The van der Waals surface area contributed by atoms with E-state index < -0.39 is 0 Å². The maximum absolute atomic E-state index is 12.6. The molecule has 0 saturated heterocycles. The SMILES string of the molecule is CCCCc1cccc(C(Cc2cccc(-c3ccccc3)c2)C(N)=O)c1CCCC.c1ccccc1. The van der Waals surface area contributed by atoms with Crippen LogP contribution < -0.4 is 5.73 Å². The Hall–Kier alpha value is -3.65. The predicted octanol–water partition coefficient (Wildman–Crippen LogP) is 8.54. The molecule has 0 spiro atoms. The Kier molecular flexibility index (Phi) is 11.7. The van der Waals surface area contributed by atoms with Crippen molar-refractivity contribution in [3.05, 3.63) is 131 Å². The number of aryl methyl sites for hydroxylation is 1. The zero-order valence-electron chi connectivity index (χ0n) is 22.4. The summed E-state index contributed by atoms with van der Waals surface area (Å²) in [5.41, 5.74) is 13.3. The van der Waals surface area contributed by atoms with E-state index in [9.17, 15) is 4.79 Å². The summed E-state index contributed by atoms with van der Waals surface area (Å²) in [5.74, 6) is -0.546. The molecule has 2 N–H and O–H groups in total. The van der Waals surface area contributed by atoms with Gasteiger partial charge in [-0.2, -0.15) is 0 Å². The van der Waals surface area contributed by atoms with Gasteiger partial charge in [0.25, 0.3) is 0 Å². The van der Waals surface area contributed by atoms with E-state index >= 15 is 0 Å². The number of unbranched alkanes of at least 4 members (excludes halogenated alkanes) is 2. The van der Waals surface area contributed by atoms with Crippen molar-refractivity contribution in [1.29, 1.82) is 0 Å². The quantitative estimate of drug-likeness (QED) is 0.224. The number of amides is 1. The van der Waals surface area contributed by atoms with Crippen LogP contribution in [0.25, 0.3) is 11.1 Å². The smallest absolute Gasteiger partial charge is 0.225 e. The van der Waals surface area contributed by atoms with E-state index in [1.54, 1.807) is 0 Å². The second kappa shape index (κ2) is 15.5. The van der Waals surface area contributed by atoms with Gasteiger partial charge in [-0.05, 0) is 65.5 Å². The average Bonchev–Trinajstić information content (AvgIpc) is 2.95. The number of nitrogens with two attached hydrogens (primary N) is 1. The van der Waals surface area contributed by atoms with Crippen LogP contribution in [0.15, 0.2) is 109 Å². The van der Waals surface area contributed by atoms with Crippen LogP contribution >= 0.6 is 0 Å². The highest BCUT2D eigenvalue weighted by atomic mass is 16.1. The number of carbonyl (C=O) groups is 1. The first-order valence-corrected chi connectivity index (χ1v) is 13.7. The van der Waals surface area contributed by atoms with Gasteiger partial charge in [-0.3, -0.25) is 4.79 Å². The molecule has 4 aromatic rings. The van der Waals surface area contributed by atoms with Gasteiger partial charge in [-0.25, -0.2) is 0 Å². The molecule has 1 atom stereocenters. The van der Waals surface area contributed by atoms with Gasteiger partial charge in [-0.1, -0.05) is 136 Å². The van der Waals surface area contributed by atoms with Gasteiger partial charge >= 0.3 is 0 Å². The normalized spacial score (nSPS) is 11.3. The van der Waals surface area contributed by atoms with E-state index in [4.69, 9.17) is 5.73 Å². The molecule has 0 fully saturated rings. The van der Waals surface area contributed by atoms with Crippen molar-refractivity contribution in [1.82, 2.24) is 0 Å². The third-order valence-corrected chi connectivity index (χ3v) is 6.75. The highest BCUT2D eigenvalue weighted by molar-refractivity contribution is 5.83. The molecule has 1 unspecified atom stereocenters. The lowest BCUT2D eigenvalue weighted by Crippen LogP contribution is -2.25. The molecule has 4 rings (SSSR count). The molecule has 1 amide bonds. The van der Waals surface area contributed by atoms with Gasteiger partial charge < -0.3 is 5.73 Å². The molecule has 0 aliphatic carbocycles. The standard InChI is InChI=1S/C29H35NO.C6H6/c1-3-5-13-24-16-11-19-27(26(24)18-6-4-2)28(29(30)31)21-22-12-10-17-25(20-22)23-14-8-7-9-15-23;1-2-4-6-5-3-1/h7-12,14-17,19-20,28H,3-6,13,18,21H2,1-2H3,(H2,30,31);1-6H. The maximum Gasteiger partial charge on any atom is 0.225 e. The molecule has 192 valence electrons. The van der Waals surface area contributed by atoms with E-state index in [1.807, 2.05) is 42.5 Å². The fraction of sp³-hybridized carbons (Fsp3) is 0.286. The molecular formula is C35H41NO. The fourth-order valence-corrected chi connectivity index (χ4v) is 4.73. The molecule has 2 nitrogen and oxygen atoms in total. The number of hydrogen-bond acceptors (Lipinski definition) is 1. The third kappa shape index (κ3) is 8.75. The van der Waals surface area contributed by atoms with Crippen molar-refractivity contribution < 1.29 is 4.79 Å². The van der Waals surface area contributed by atoms with Crippen LogP contribution in [0.5, 0.6) is 0 Å². The minimum atomic E-state index is -0.306. The van der Waals surface area contributed by atoms with E-state index in [1.165, 1.54) is 35.1 Å². The van der Waals surface area contributed by atoms with Crippen LogP contribution in [0.3, 0.4) is 0 Å². The van der Waals surface area contributed by atoms with E-state index in [0.29, 0.717) is 6.42 Å². The predicted molar refractivity (Wildman–Crippen MR) is 158 cm³/mol. The summed E-state index contributed by atoms with van der Waals surface area (Å²) in [7, 11) is 0. The third-order valence-electron chi connectivity index (χ3n) is 6.75. The molecule has 0 aliphatic heterocycles. The average molecular weight is 492 g/mol. The van der Waals surface area contributed by atoms with Crippen LogP contribution in [0.4, 0.5) is 0 Å². The Bertz CT molecular complexity index is 1170. The number of benzene rings is 4. The minimum absolute atomic E-state index is 0.240. The summed E-state index contributed by atoms with van der Waals surface area (Å²) in [6, 6.07) is 37.3. The van der Waals surface area contributed by atoms with Crippen molar-refractivity contribution in [2.75, 3.05) is 0 Å². The Balaban J connectivity index is 0.000000555. The molecule has 2 heteroatoms. The van der Waals surface area contributed by atoms with Gasteiger partial charge in [0.05, 0.1) is 5.92 Å². The van der Waals surface area contributed by atoms with E-state index in [0.717, 1.165) is 36.8 Å². The van der Waals surface area contributed by atoms with Gasteiger partial charge in [0.2, 0.25) is 5.91 Å². The number of primary amides is 1. The summed E-state index contributed by atoms with van der Waals surface area (Å²) in [6.07, 6.45) is 7.32. The molecule has 0 aromatic heterocycles. The van der Waals surface area contributed by atoms with Crippen LogP contribution in [-0.4, -0.2) is 5.91 Å². The van der Waals surface area contributed by atoms with Crippen LogP contribution in [0.2, 0.25) is 0 Å². The minimum Gasteiger partial charge on any atom is -0.369 e. The Labute approximate surface area is 223 Å². The van der Waals surface area contributed by atoms with E-state index in [-0.39, 0.29) is 11.8 Å². The van der Waals surface area contributed by atoms with Crippen molar-refractivity contribution in [3.63, 3.8) is 0 Å². The lowest BCUT2D eigenvalue weighted by atomic mass is 9.83. The Morgan fingerprint density at radius 2 is 1.24 bits per heavy atom. The zero-order valence-corrected chi connectivity index (χ0v) is 22.4. The topological polar surface area (TPSA) is 43.1 Å². The molecule has 0 radical (unpaired) electrons. The molecule has 0 aliphatic rings. The van der Waals surface area contributed by atoms with Crippen LogP contribution in [-0.2, 0) is 24.1 Å². The summed E-state index contributed by atoms with van der Waals surface area (Å²) >= 11 is 0. The summed E-state index contributed by atoms with van der Waals surface area (Å²) in [6.45, 7) is 4.44. The molecule has 4 aromatic carbocycles. The summed E-state index contributed by atoms with van der Waals surface area (Å²) in [4.78, 5) is 12.6. The Morgan fingerprint density at radius 1 is 0.676 bits per heavy atom. The Morgan fingerprint density at radius 3 is 1.86 bits per heavy atom. The monoisotopic (exact) mass is 491 g/mol. The second-order valence-corrected chi connectivity index (χ2v) is 9.57. The second-order valence-electron chi connectivity index (χ2n) is 9.57. The van der Waals surface area contributed by atoms with E-state index in [2.05, 4.69) is 80.6 Å². The van der Waals surface area contributed by atoms with Gasteiger partial charge in [0.1, 0.15) is 0 Å². The van der Waals surface area contributed by atoms with Gasteiger partial charge in [0, 0.05) is 0 Å². The van der Waals surface area contributed by atoms with Crippen LogP contribution in [0, 0.1) is 0 Å². The molecular weight excluding hydrogens is 450 g/mol. The maximum atomic E-state index is 12.6. The zero-order chi connectivity index (χ0) is 26.3. The van der Waals surface area contributed by atoms with Crippen molar-refractivity contribution >= 4 is 5.91 Å². The highest BCUT2D eigenvalue weighted by Gasteiger charge is 2.23. The first kappa shape index (κ1) is 27.9. The van der Waals surface area contributed by atoms with Gasteiger partial charge in [-0.15, -0.1) is 0 Å². The van der Waals surface area contributed by atoms with Crippen molar-refractivity contribution in [2.24, 2.45) is 5.73 Å². The number of carbonyl (C=O) groups excluding carboxylic acids is 1. The van der Waals surface area contributed by atoms with Crippen molar-refractivity contribution in [2.45, 2.75) is 64.7 Å². The molecule has 0 saturated carbocycles. The molecule has 0 heterocycles. The largest absolute Gasteiger partial charge is 0.369 e. The van der Waals surface area contributed by atoms with Crippen molar-refractivity contribution in [3.8, 4) is 11.1 Å². The van der Waals surface area contributed by atoms with Gasteiger partial charge in [0.15, 0.2) is 0 Å². The first-order valence-electron chi connectivity index (χ1n) is 13.7. The molecule has 37 heavy (non-hydrogen) atoms. The summed E-state index contributed by atoms with van der Waals surface area (Å²) < 4.78 is 0. The number of hydrogen-bond donors (Lipinski definition) is 1. The lowest BCUT2D eigenvalue weighted by molar-refractivity contribution is -0.119. The fourth-order valence-electron chi connectivity index (χ4n) is 4.73. The highest BCUT2D eigenvalue weighted by Crippen LogP contribution is 2.30. The van der Waals surface area contributed by atoms with Crippen LogP contribution in [0.1, 0.15) is 67.7 Å². The summed E-state index contributed by atoms with van der Waals surface area (Å²) in [5, 5.41) is 0. The number of rotatable bonds is 11. The molecule has 0 bridgehead atoms.